The third-order valence-electron chi connectivity index (χ3n) is 4.01. The molecule has 1 aromatic heterocycles. The van der Waals surface area contributed by atoms with Crippen LogP contribution in [0.5, 0.6) is 0 Å². The SMILES string of the molecule is Cc1ccc([C@@H](C)NC(=O)CSc2nc3ccccc3o2)cc1C. The van der Waals surface area contributed by atoms with Crippen LogP contribution < -0.4 is 5.32 Å². The Labute approximate surface area is 145 Å². The predicted molar refractivity (Wildman–Crippen MR) is 97.2 cm³/mol. The maximum Gasteiger partial charge on any atom is 0.257 e. The van der Waals surface area contributed by atoms with Gasteiger partial charge >= 0.3 is 0 Å². The van der Waals surface area contributed by atoms with Crippen molar-refractivity contribution < 1.29 is 9.21 Å². The molecular formula is C19H20N2O2S. The van der Waals surface area contributed by atoms with E-state index in [4.69, 9.17) is 4.42 Å². The topological polar surface area (TPSA) is 55.1 Å². The van der Waals surface area contributed by atoms with Crippen LogP contribution in [0.2, 0.25) is 0 Å². The molecule has 0 aliphatic carbocycles. The smallest absolute Gasteiger partial charge is 0.257 e. The van der Waals surface area contributed by atoms with Gasteiger partial charge in [-0.1, -0.05) is 42.1 Å². The van der Waals surface area contributed by atoms with E-state index in [9.17, 15) is 4.79 Å². The van der Waals surface area contributed by atoms with Crippen LogP contribution in [-0.4, -0.2) is 16.6 Å². The Morgan fingerprint density at radius 2 is 2.00 bits per heavy atom. The summed E-state index contributed by atoms with van der Waals surface area (Å²) in [7, 11) is 0. The van der Waals surface area contributed by atoms with Gasteiger partial charge in [-0.3, -0.25) is 4.79 Å². The number of benzene rings is 2. The minimum atomic E-state index is -0.0343. The highest BCUT2D eigenvalue weighted by Crippen LogP contribution is 2.23. The van der Waals surface area contributed by atoms with E-state index in [0.29, 0.717) is 5.22 Å². The number of nitrogens with zero attached hydrogens (tertiary/aromatic N) is 1. The lowest BCUT2D eigenvalue weighted by molar-refractivity contribution is -0.119. The van der Waals surface area contributed by atoms with Crippen LogP contribution in [0.15, 0.2) is 52.1 Å². The van der Waals surface area contributed by atoms with Gasteiger partial charge < -0.3 is 9.73 Å². The van der Waals surface area contributed by atoms with E-state index in [-0.39, 0.29) is 17.7 Å². The molecule has 0 unspecified atom stereocenters. The summed E-state index contributed by atoms with van der Waals surface area (Å²) in [5.41, 5.74) is 5.14. The monoisotopic (exact) mass is 340 g/mol. The van der Waals surface area contributed by atoms with Crippen LogP contribution in [0.25, 0.3) is 11.1 Å². The van der Waals surface area contributed by atoms with Gasteiger partial charge in [0.15, 0.2) is 5.58 Å². The third kappa shape index (κ3) is 3.79. The number of carbonyl (C=O) groups excluding carboxylic acids is 1. The molecule has 0 spiro atoms. The lowest BCUT2D eigenvalue weighted by Gasteiger charge is -2.15. The number of amides is 1. The van der Waals surface area contributed by atoms with E-state index in [2.05, 4.69) is 42.3 Å². The van der Waals surface area contributed by atoms with Gasteiger partial charge in [-0.15, -0.1) is 0 Å². The number of rotatable bonds is 5. The van der Waals surface area contributed by atoms with Crippen molar-refractivity contribution in [3.8, 4) is 0 Å². The highest BCUT2D eigenvalue weighted by molar-refractivity contribution is 7.99. The molecule has 0 aliphatic heterocycles. The van der Waals surface area contributed by atoms with Crippen LogP contribution >= 0.6 is 11.8 Å². The average Bonchev–Trinajstić information content (AvgIpc) is 2.98. The fraction of sp³-hybridized carbons (Fsp3) is 0.263. The first-order valence-electron chi connectivity index (χ1n) is 7.88. The summed E-state index contributed by atoms with van der Waals surface area (Å²) < 4.78 is 5.61. The molecule has 0 saturated heterocycles. The highest BCUT2D eigenvalue weighted by Gasteiger charge is 2.13. The van der Waals surface area contributed by atoms with Gasteiger partial charge in [0.05, 0.1) is 11.8 Å². The average molecular weight is 340 g/mol. The van der Waals surface area contributed by atoms with Gasteiger partial charge in [0.2, 0.25) is 5.91 Å². The molecule has 4 nitrogen and oxygen atoms in total. The molecule has 3 rings (SSSR count). The van der Waals surface area contributed by atoms with Crippen molar-refractivity contribution in [2.75, 3.05) is 5.75 Å². The van der Waals surface area contributed by atoms with Crippen molar-refractivity contribution >= 4 is 28.8 Å². The van der Waals surface area contributed by atoms with Crippen molar-refractivity contribution in [2.45, 2.75) is 32.0 Å². The molecule has 0 aliphatic rings. The number of para-hydroxylation sites is 2. The lowest BCUT2D eigenvalue weighted by Crippen LogP contribution is -2.28. The molecule has 5 heteroatoms. The molecule has 1 amide bonds. The number of fused-ring (bicyclic) bond motifs is 1. The van der Waals surface area contributed by atoms with Gasteiger partial charge in [0.25, 0.3) is 5.22 Å². The van der Waals surface area contributed by atoms with E-state index >= 15 is 0 Å². The summed E-state index contributed by atoms with van der Waals surface area (Å²) in [5, 5.41) is 3.54. The highest BCUT2D eigenvalue weighted by atomic mass is 32.2. The minimum absolute atomic E-state index is 0.0268. The summed E-state index contributed by atoms with van der Waals surface area (Å²) in [6.07, 6.45) is 0. The summed E-state index contributed by atoms with van der Waals surface area (Å²) in [4.78, 5) is 16.5. The second-order valence-corrected chi connectivity index (χ2v) is 6.80. The Morgan fingerprint density at radius 3 is 2.75 bits per heavy atom. The third-order valence-corrected chi connectivity index (χ3v) is 4.84. The quantitative estimate of drug-likeness (QED) is 0.699. The van der Waals surface area contributed by atoms with Crippen LogP contribution in [0.3, 0.4) is 0 Å². The fourth-order valence-electron chi connectivity index (χ4n) is 2.44. The molecule has 1 N–H and O–H groups in total. The molecule has 0 bridgehead atoms. The first kappa shape index (κ1) is 16.6. The number of hydrogen-bond donors (Lipinski definition) is 1. The van der Waals surface area contributed by atoms with Gasteiger partial charge in [0.1, 0.15) is 5.52 Å². The Kier molecular flexibility index (Phi) is 4.90. The van der Waals surface area contributed by atoms with Crippen LogP contribution in [0.4, 0.5) is 0 Å². The molecule has 1 heterocycles. The Hall–Kier alpha value is -2.27. The van der Waals surface area contributed by atoms with Gasteiger partial charge in [-0.25, -0.2) is 4.98 Å². The number of hydrogen-bond acceptors (Lipinski definition) is 4. The minimum Gasteiger partial charge on any atom is -0.431 e. The second kappa shape index (κ2) is 7.09. The predicted octanol–water partition coefficient (Wildman–Crippen LogP) is 4.41. The van der Waals surface area contributed by atoms with Crippen LogP contribution in [0.1, 0.15) is 29.7 Å². The van der Waals surface area contributed by atoms with E-state index < -0.39 is 0 Å². The first-order valence-corrected chi connectivity index (χ1v) is 8.86. The van der Waals surface area contributed by atoms with Crippen molar-refractivity contribution in [1.29, 1.82) is 0 Å². The van der Waals surface area contributed by atoms with Crippen molar-refractivity contribution in [3.63, 3.8) is 0 Å². The fourth-order valence-corrected chi connectivity index (χ4v) is 3.09. The molecule has 1 atom stereocenters. The van der Waals surface area contributed by atoms with Crippen molar-refractivity contribution in [3.05, 3.63) is 59.2 Å². The molecular weight excluding hydrogens is 320 g/mol. The van der Waals surface area contributed by atoms with E-state index in [1.165, 1.54) is 22.9 Å². The molecule has 2 aromatic carbocycles. The molecule has 0 saturated carbocycles. The Morgan fingerprint density at radius 1 is 1.21 bits per heavy atom. The maximum atomic E-state index is 12.2. The number of nitrogens with one attached hydrogen (secondary N) is 1. The normalized spacial score (nSPS) is 12.3. The number of thioether (sulfide) groups is 1. The first-order chi connectivity index (χ1) is 11.5. The van der Waals surface area contributed by atoms with E-state index in [0.717, 1.165) is 16.7 Å². The van der Waals surface area contributed by atoms with Crippen molar-refractivity contribution in [2.24, 2.45) is 0 Å². The molecule has 0 radical (unpaired) electrons. The van der Waals surface area contributed by atoms with Crippen LogP contribution in [-0.2, 0) is 4.79 Å². The Bertz CT molecular complexity index is 840. The van der Waals surface area contributed by atoms with E-state index in [1.54, 1.807) is 0 Å². The maximum absolute atomic E-state index is 12.2. The lowest BCUT2D eigenvalue weighted by atomic mass is 10.0. The number of carbonyl (C=O) groups is 1. The zero-order valence-corrected chi connectivity index (χ0v) is 14.8. The summed E-state index contributed by atoms with van der Waals surface area (Å²) in [6.45, 7) is 6.15. The van der Waals surface area contributed by atoms with Gasteiger partial charge in [-0.05, 0) is 49.6 Å². The number of aromatic nitrogens is 1. The molecule has 24 heavy (non-hydrogen) atoms. The summed E-state index contributed by atoms with van der Waals surface area (Å²) in [6, 6.07) is 13.8. The van der Waals surface area contributed by atoms with E-state index in [1.807, 2.05) is 31.2 Å². The molecule has 3 aromatic rings. The molecule has 0 fully saturated rings. The van der Waals surface area contributed by atoms with Crippen molar-refractivity contribution in [1.82, 2.24) is 10.3 Å². The Balaban J connectivity index is 1.57. The summed E-state index contributed by atoms with van der Waals surface area (Å²) >= 11 is 1.31. The zero-order chi connectivity index (χ0) is 17.1. The zero-order valence-electron chi connectivity index (χ0n) is 14.0. The van der Waals surface area contributed by atoms with Gasteiger partial charge in [-0.2, -0.15) is 0 Å². The van der Waals surface area contributed by atoms with Gasteiger partial charge in [0, 0.05) is 0 Å². The molecule has 124 valence electrons. The second-order valence-electron chi connectivity index (χ2n) is 5.87. The van der Waals surface area contributed by atoms with Crippen LogP contribution in [0, 0.1) is 13.8 Å². The number of oxazole rings is 1. The summed E-state index contributed by atoms with van der Waals surface area (Å²) in [5.74, 6) is 0.245. The standard InChI is InChI=1S/C19H20N2O2S/c1-12-8-9-15(10-13(12)2)14(3)20-18(22)11-24-19-21-16-6-4-5-7-17(16)23-19/h4-10,14H,11H2,1-3H3,(H,20,22)/t14-/m1/s1. The largest absolute Gasteiger partial charge is 0.431 e. The number of aryl methyl sites for hydroxylation is 2.